The molecule has 14 heavy (non-hydrogen) atoms. The van der Waals surface area contributed by atoms with Crippen LogP contribution in [0.3, 0.4) is 0 Å². The van der Waals surface area contributed by atoms with E-state index in [0.717, 1.165) is 10.0 Å². The molecule has 1 rings (SSSR count). The van der Waals surface area contributed by atoms with Gasteiger partial charge in [0, 0.05) is 10.9 Å². The zero-order chi connectivity index (χ0) is 10.6. The van der Waals surface area contributed by atoms with Crippen molar-refractivity contribution in [2.45, 2.75) is 13.1 Å². The van der Waals surface area contributed by atoms with Crippen molar-refractivity contribution in [3.63, 3.8) is 0 Å². The fourth-order valence-corrected chi connectivity index (χ4v) is 1.76. The second-order valence-electron chi connectivity index (χ2n) is 2.90. The van der Waals surface area contributed by atoms with Gasteiger partial charge in [-0.25, -0.2) is 4.39 Å². The Morgan fingerprint density at radius 3 is 2.64 bits per heavy atom. The smallest absolute Gasteiger partial charge is 0.147 e. The van der Waals surface area contributed by atoms with Crippen molar-refractivity contribution in [2.75, 3.05) is 5.33 Å². The summed E-state index contributed by atoms with van der Waals surface area (Å²) in [6.07, 6.45) is 0.289. The Balaban J connectivity index is 2.90. The Bertz CT molecular complexity index is 339. The van der Waals surface area contributed by atoms with Gasteiger partial charge in [0.15, 0.2) is 0 Å². The summed E-state index contributed by atoms with van der Waals surface area (Å²) in [6, 6.07) is 5.30. The van der Waals surface area contributed by atoms with E-state index < -0.39 is 6.67 Å². The topological polar surface area (TPSA) is 17.1 Å². The highest BCUT2D eigenvalue weighted by Crippen LogP contribution is 2.18. The van der Waals surface area contributed by atoms with E-state index in [1.165, 1.54) is 0 Å². The lowest BCUT2D eigenvalue weighted by Gasteiger charge is -2.05. The van der Waals surface area contributed by atoms with Crippen molar-refractivity contribution < 1.29 is 9.18 Å². The standard InChI is InChI=1S/C10H9Br2FO/c11-5-10(14)4-7-1-2-9(12)3-8(7)6-13/h1-3H,4-6H2. The summed E-state index contributed by atoms with van der Waals surface area (Å²) in [4.78, 5) is 11.2. The summed E-state index contributed by atoms with van der Waals surface area (Å²) < 4.78 is 13.4. The van der Waals surface area contributed by atoms with Gasteiger partial charge < -0.3 is 0 Å². The molecular weight excluding hydrogens is 315 g/mol. The monoisotopic (exact) mass is 322 g/mol. The average molecular weight is 324 g/mol. The Morgan fingerprint density at radius 1 is 1.36 bits per heavy atom. The molecule has 0 bridgehead atoms. The van der Waals surface area contributed by atoms with Crippen LogP contribution >= 0.6 is 31.9 Å². The van der Waals surface area contributed by atoms with Crippen LogP contribution in [0.4, 0.5) is 4.39 Å². The SMILES string of the molecule is O=C(CBr)Cc1ccc(Br)cc1CF. The maximum Gasteiger partial charge on any atom is 0.147 e. The van der Waals surface area contributed by atoms with E-state index in [9.17, 15) is 9.18 Å². The fraction of sp³-hybridized carbons (Fsp3) is 0.300. The van der Waals surface area contributed by atoms with Gasteiger partial charge in [-0.05, 0) is 23.3 Å². The molecule has 0 unspecified atom stereocenters. The molecule has 0 radical (unpaired) electrons. The number of rotatable bonds is 4. The minimum atomic E-state index is -0.537. The normalized spacial score (nSPS) is 10.2. The average Bonchev–Trinajstić information content (AvgIpc) is 2.20. The van der Waals surface area contributed by atoms with Crippen molar-refractivity contribution in [3.8, 4) is 0 Å². The number of carbonyl (C=O) groups excluding carboxylic acids is 1. The summed E-state index contributed by atoms with van der Waals surface area (Å²) in [5.41, 5.74) is 1.34. The number of hydrogen-bond acceptors (Lipinski definition) is 1. The lowest BCUT2D eigenvalue weighted by Crippen LogP contribution is -2.05. The van der Waals surface area contributed by atoms with E-state index in [-0.39, 0.29) is 12.2 Å². The van der Waals surface area contributed by atoms with Crippen molar-refractivity contribution >= 4 is 37.6 Å². The summed E-state index contributed by atoms with van der Waals surface area (Å²) in [6.45, 7) is -0.537. The van der Waals surface area contributed by atoms with Gasteiger partial charge in [0.25, 0.3) is 0 Å². The molecule has 0 saturated heterocycles. The molecule has 76 valence electrons. The highest BCUT2D eigenvalue weighted by molar-refractivity contribution is 9.10. The third kappa shape index (κ3) is 3.17. The molecule has 1 aromatic carbocycles. The zero-order valence-electron chi connectivity index (χ0n) is 7.40. The van der Waals surface area contributed by atoms with E-state index in [4.69, 9.17) is 0 Å². The minimum Gasteiger partial charge on any atom is -0.298 e. The Kier molecular flexibility index (Phi) is 4.75. The van der Waals surface area contributed by atoms with Crippen LogP contribution in [0.25, 0.3) is 0 Å². The van der Waals surface area contributed by atoms with Crippen molar-refractivity contribution in [3.05, 3.63) is 33.8 Å². The Morgan fingerprint density at radius 2 is 2.07 bits per heavy atom. The Labute approximate surface area is 99.0 Å². The first kappa shape index (κ1) is 11.9. The summed E-state index contributed by atoms with van der Waals surface area (Å²) in [5, 5.41) is 0.314. The second-order valence-corrected chi connectivity index (χ2v) is 4.37. The van der Waals surface area contributed by atoms with Gasteiger partial charge in [0.1, 0.15) is 12.5 Å². The number of alkyl halides is 2. The van der Waals surface area contributed by atoms with Gasteiger partial charge >= 0.3 is 0 Å². The van der Waals surface area contributed by atoms with Gasteiger partial charge in [-0.2, -0.15) is 0 Å². The number of ketones is 1. The molecule has 0 N–H and O–H groups in total. The number of halogens is 3. The van der Waals surface area contributed by atoms with E-state index in [1.54, 1.807) is 12.1 Å². The Hall–Kier alpha value is -0.220. The second kappa shape index (κ2) is 5.61. The molecule has 0 aliphatic heterocycles. The third-order valence-electron chi connectivity index (χ3n) is 1.85. The van der Waals surface area contributed by atoms with Crippen LogP contribution in [0, 0.1) is 0 Å². The van der Waals surface area contributed by atoms with E-state index >= 15 is 0 Å². The summed E-state index contributed by atoms with van der Waals surface area (Å²) in [5.74, 6) is 0.0574. The molecule has 1 nitrogen and oxygen atoms in total. The molecule has 0 aliphatic carbocycles. The predicted molar refractivity (Wildman–Crippen MR) is 61.5 cm³/mol. The molecule has 0 amide bonds. The number of Topliss-reactive ketones (excluding diaryl/α,β-unsaturated/α-hetero) is 1. The third-order valence-corrected chi connectivity index (χ3v) is 2.97. The van der Waals surface area contributed by atoms with Crippen molar-refractivity contribution in [2.24, 2.45) is 0 Å². The van der Waals surface area contributed by atoms with Gasteiger partial charge in [-0.1, -0.05) is 37.9 Å². The maximum absolute atomic E-state index is 12.6. The molecule has 0 spiro atoms. The summed E-state index contributed by atoms with van der Waals surface area (Å²) >= 11 is 6.34. The molecular formula is C10H9Br2FO. The quantitative estimate of drug-likeness (QED) is 0.776. The summed E-state index contributed by atoms with van der Waals surface area (Å²) in [7, 11) is 0. The highest BCUT2D eigenvalue weighted by atomic mass is 79.9. The molecule has 0 saturated carbocycles. The van der Waals surface area contributed by atoms with Gasteiger partial charge in [-0.15, -0.1) is 0 Å². The van der Waals surface area contributed by atoms with Crippen LogP contribution in [-0.4, -0.2) is 11.1 Å². The first-order valence-corrected chi connectivity index (χ1v) is 5.99. The van der Waals surface area contributed by atoms with Crippen LogP contribution in [0.15, 0.2) is 22.7 Å². The lowest BCUT2D eigenvalue weighted by molar-refractivity contribution is -0.115. The van der Waals surface area contributed by atoms with E-state index in [1.807, 2.05) is 6.07 Å². The zero-order valence-corrected chi connectivity index (χ0v) is 10.6. The molecule has 0 atom stereocenters. The van der Waals surface area contributed by atoms with Crippen LogP contribution in [0.2, 0.25) is 0 Å². The van der Waals surface area contributed by atoms with Crippen LogP contribution in [0.1, 0.15) is 11.1 Å². The number of carbonyl (C=O) groups is 1. The van der Waals surface area contributed by atoms with E-state index in [2.05, 4.69) is 31.9 Å². The number of hydrogen-bond donors (Lipinski definition) is 0. The first-order chi connectivity index (χ1) is 6.67. The predicted octanol–water partition coefficient (Wildman–Crippen LogP) is 3.43. The van der Waals surface area contributed by atoms with Crippen LogP contribution in [0.5, 0.6) is 0 Å². The van der Waals surface area contributed by atoms with Crippen LogP contribution in [-0.2, 0) is 17.9 Å². The molecule has 4 heteroatoms. The molecule has 1 aromatic rings. The van der Waals surface area contributed by atoms with Gasteiger partial charge in [0.2, 0.25) is 0 Å². The molecule has 0 fully saturated rings. The van der Waals surface area contributed by atoms with Gasteiger partial charge in [0.05, 0.1) is 5.33 Å². The minimum absolute atomic E-state index is 0.0574. The largest absolute Gasteiger partial charge is 0.298 e. The van der Waals surface area contributed by atoms with Crippen LogP contribution < -0.4 is 0 Å². The molecule has 0 aliphatic rings. The van der Waals surface area contributed by atoms with E-state index in [0.29, 0.717) is 10.9 Å². The van der Waals surface area contributed by atoms with Crippen molar-refractivity contribution in [1.82, 2.24) is 0 Å². The first-order valence-electron chi connectivity index (χ1n) is 4.08. The van der Waals surface area contributed by atoms with Crippen molar-refractivity contribution in [1.29, 1.82) is 0 Å². The number of benzene rings is 1. The maximum atomic E-state index is 12.6. The van der Waals surface area contributed by atoms with Gasteiger partial charge in [-0.3, -0.25) is 4.79 Å². The lowest BCUT2D eigenvalue weighted by atomic mass is 10.0. The molecule has 0 heterocycles. The highest BCUT2D eigenvalue weighted by Gasteiger charge is 2.07. The molecule has 0 aromatic heterocycles. The fourth-order valence-electron chi connectivity index (χ4n) is 1.15.